The summed E-state index contributed by atoms with van der Waals surface area (Å²) in [6.45, 7) is 2.98. The lowest BCUT2D eigenvalue weighted by Crippen LogP contribution is -2.28. The number of hydrogen-bond acceptors (Lipinski definition) is 1. The number of carbonyl (C=O) groups excluding carboxylic acids is 1. The van der Waals surface area contributed by atoms with E-state index in [-0.39, 0.29) is 17.1 Å². The van der Waals surface area contributed by atoms with Gasteiger partial charge in [-0.2, -0.15) is 0 Å². The standard InChI is InChI=1S/C12H13ClFNO/c1-8-4-9(6-11(14)5-8)12(16)15-3-2-10(13)7-15/h4-6,10H,2-3,7H2,1H3. The predicted octanol–water partition coefficient (Wildman–Crippen LogP) is 2.59. The fourth-order valence-electron chi connectivity index (χ4n) is 1.94. The van der Waals surface area contributed by atoms with Gasteiger partial charge >= 0.3 is 0 Å². The van der Waals surface area contributed by atoms with Gasteiger partial charge in [0.1, 0.15) is 5.82 Å². The van der Waals surface area contributed by atoms with E-state index in [9.17, 15) is 9.18 Å². The molecule has 1 aliphatic heterocycles. The number of halogens is 2. The first-order valence-corrected chi connectivity index (χ1v) is 5.70. The summed E-state index contributed by atoms with van der Waals surface area (Å²) in [4.78, 5) is 13.7. The summed E-state index contributed by atoms with van der Waals surface area (Å²) < 4.78 is 13.2. The molecule has 1 aliphatic rings. The summed E-state index contributed by atoms with van der Waals surface area (Å²) >= 11 is 5.93. The molecule has 2 rings (SSSR count). The average molecular weight is 242 g/mol. The summed E-state index contributed by atoms with van der Waals surface area (Å²) in [5, 5.41) is 0.0265. The molecule has 1 fully saturated rings. The van der Waals surface area contributed by atoms with Gasteiger partial charge in [0.25, 0.3) is 5.91 Å². The van der Waals surface area contributed by atoms with Crippen molar-refractivity contribution in [2.24, 2.45) is 0 Å². The van der Waals surface area contributed by atoms with Crippen LogP contribution in [-0.2, 0) is 0 Å². The second kappa shape index (κ2) is 4.42. The molecular formula is C12H13ClFNO. The molecule has 0 saturated carbocycles. The van der Waals surface area contributed by atoms with Crippen LogP contribution in [0, 0.1) is 12.7 Å². The second-order valence-corrected chi connectivity index (χ2v) is 4.77. The van der Waals surface area contributed by atoms with Crippen molar-refractivity contribution in [1.29, 1.82) is 0 Å². The Morgan fingerprint density at radius 3 is 2.81 bits per heavy atom. The molecule has 4 heteroatoms. The fourth-order valence-corrected chi connectivity index (χ4v) is 2.21. The summed E-state index contributed by atoms with van der Waals surface area (Å²) in [6, 6.07) is 4.38. The fraction of sp³-hybridized carbons (Fsp3) is 0.417. The molecular weight excluding hydrogens is 229 g/mol. The number of nitrogens with zero attached hydrogens (tertiary/aromatic N) is 1. The van der Waals surface area contributed by atoms with E-state index < -0.39 is 0 Å². The number of aryl methyl sites for hydroxylation is 1. The average Bonchev–Trinajstić information content (AvgIpc) is 2.62. The lowest BCUT2D eigenvalue weighted by molar-refractivity contribution is 0.0792. The highest BCUT2D eigenvalue weighted by Crippen LogP contribution is 2.18. The van der Waals surface area contributed by atoms with Crippen molar-refractivity contribution in [3.8, 4) is 0 Å². The van der Waals surface area contributed by atoms with Crippen LogP contribution in [0.15, 0.2) is 18.2 Å². The third kappa shape index (κ3) is 2.35. The molecule has 0 N–H and O–H groups in total. The van der Waals surface area contributed by atoms with Crippen LogP contribution in [0.3, 0.4) is 0 Å². The van der Waals surface area contributed by atoms with E-state index in [4.69, 9.17) is 11.6 Å². The number of amides is 1. The van der Waals surface area contributed by atoms with Crippen LogP contribution in [0.1, 0.15) is 22.3 Å². The summed E-state index contributed by atoms with van der Waals surface area (Å²) in [6.07, 6.45) is 0.807. The Morgan fingerprint density at radius 1 is 1.50 bits per heavy atom. The molecule has 2 nitrogen and oxygen atoms in total. The molecule has 1 heterocycles. The molecule has 1 amide bonds. The first kappa shape index (κ1) is 11.4. The Kier molecular flexibility index (Phi) is 3.15. The quantitative estimate of drug-likeness (QED) is 0.692. The van der Waals surface area contributed by atoms with Gasteiger partial charge in [0.2, 0.25) is 0 Å². The number of hydrogen-bond donors (Lipinski definition) is 0. The Hall–Kier alpha value is -1.09. The van der Waals surface area contributed by atoms with Crippen molar-refractivity contribution < 1.29 is 9.18 Å². The highest BCUT2D eigenvalue weighted by atomic mass is 35.5. The van der Waals surface area contributed by atoms with E-state index in [0.717, 1.165) is 12.0 Å². The molecule has 1 unspecified atom stereocenters. The largest absolute Gasteiger partial charge is 0.337 e. The minimum atomic E-state index is -0.370. The summed E-state index contributed by atoms with van der Waals surface area (Å²) in [5.74, 6) is -0.504. The molecule has 16 heavy (non-hydrogen) atoms. The molecule has 0 aliphatic carbocycles. The zero-order valence-electron chi connectivity index (χ0n) is 9.04. The molecule has 1 saturated heterocycles. The number of carbonyl (C=O) groups is 1. The molecule has 1 aromatic rings. The molecule has 86 valence electrons. The molecule has 0 radical (unpaired) electrons. The maximum absolute atomic E-state index is 13.2. The third-order valence-electron chi connectivity index (χ3n) is 2.71. The minimum Gasteiger partial charge on any atom is -0.337 e. The predicted molar refractivity (Wildman–Crippen MR) is 61.3 cm³/mol. The highest BCUT2D eigenvalue weighted by molar-refractivity contribution is 6.21. The van der Waals surface area contributed by atoms with Crippen LogP contribution in [0.25, 0.3) is 0 Å². The van der Waals surface area contributed by atoms with Crippen LogP contribution >= 0.6 is 11.6 Å². The van der Waals surface area contributed by atoms with Crippen LogP contribution in [0.5, 0.6) is 0 Å². The molecule has 1 atom stereocenters. The first-order valence-electron chi connectivity index (χ1n) is 5.27. The molecule has 0 bridgehead atoms. The van der Waals surface area contributed by atoms with Gasteiger partial charge in [-0.3, -0.25) is 4.79 Å². The zero-order valence-corrected chi connectivity index (χ0v) is 9.80. The molecule has 0 spiro atoms. The number of alkyl halides is 1. The van der Waals surface area contributed by atoms with Gasteiger partial charge in [0.05, 0.1) is 5.38 Å². The third-order valence-corrected chi connectivity index (χ3v) is 3.06. The molecule has 0 aromatic heterocycles. The van der Waals surface area contributed by atoms with Crippen molar-refractivity contribution in [2.75, 3.05) is 13.1 Å². The van der Waals surface area contributed by atoms with E-state index in [1.807, 2.05) is 0 Å². The van der Waals surface area contributed by atoms with Gasteiger partial charge in [-0.15, -0.1) is 11.6 Å². The number of rotatable bonds is 1. The van der Waals surface area contributed by atoms with Gasteiger partial charge in [-0.25, -0.2) is 4.39 Å². The van der Waals surface area contributed by atoms with Gasteiger partial charge in [-0.05, 0) is 37.1 Å². The maximum atomic E-state index is 13.2. The number of likely N-dealkylation sites (tertiary alicyclic amines) is 1. The minimum absolute atomic E-state index is 0.0265. The molecule has 1 aromatic carbocycles. The summed E-state index contributed by atoms with van der Waals surface area (Å²) in [5.41, 5.74) is 1.16. The normalized spacial score (nSPS) is 20.2. The van der Waals surface area contributed by atoms with Crippen molar-refractivity contribution in [3.63, 3.8) is 0 Å². The Balaban J connectivity index is 2.20. The van der Waals surface area contributed by atoms with E-state index in [1.54, 1.807) is 17.9 Å². The smallest absolute Gasteiger partial charge is 0.254 e. The van der Waals surface area contributed by atoms with Gasteiger partial charge < -0.3 is 4.90 Å². The Bertz CT molecular complexity index is 401. The van der Waals surface area contributed by atoms with E-state index in [2.05, 4.69) is 0 Å². The lowest BCUT2D eigenvalue weighted by Gasteiger charge is -2.15. The van der Waals surface area contributed by atoms with Crippen LogP contribution < -0.4 is 0 Å². The Labute approximate surface area is 99.0 Å². The SMILES string of the molecule is Cc1cc(F)cc(C(=O)N2CCC(Cl)C2)c1. The lowest BCUT2D eigenvalue weighted by atomic mass is 10.1. The van der Waals surface area contributed by atoms with E-state index in [1.165, 1.54) is 12.1 Å². The second-order valence-electron chi connectivity index (χ2n) is 4.15. The topological polar surface area (TPSA) is 20.3 Å². The number of benzene rings is 1. The van der Waals surface area contributed by atoms with Crippen molar-refractivity contribution >= 4 is 17.5 Å². The van der Waals surface area contributed by atoms with Crippen LogP contribution in [0.2, 0.25) is 0 Å². The highest BCUT2D eigenvalue weighted by Gasteiger charge is 2.25. The van der Waals surface area contributed by atoms with Crippen LogP contribution in [0.4, 0.5) is 4.39 Å². The van der Waals surface area contributed by atoms with Gasteiger partial charge in [0, 0.05) is 18.7 Å². The van der Waals surface area contributed by atoms with Crippen molar-refractivity contribution in [1.82, 2.24) is 4.90 Å². The summed E-state index contributed by atoms with van der Waals surface area (Å²) in [7, 11) is 0. The van der Waals surface area contributed by atoms with E-state index in [0.29, 0.717) is 18.7 Å². The maximum Gasteiger partial charge on any atom is 0.254 e. The first-order chi connectivity index (χ1) is 7.56. The monoisotopic (exact) mass is 241 g/mol. The van der Waals surface area contributed by atoms with Crippen molar-refractivity contribution in [2.45, 2.75) is 18.7 Å². The van der Waals surface area contributed by atoms with Gasteiger partial charge in [-0.1, -0.05) is 0 Å². The van der Waals surface area contributed by atoms with Crippen LogP contribution in [-0.4, -0.2) is 29.3 Å². The Morgan fingerprint density at radius 2 is 2.25 bits per heavy atom. The zero-order chi connectivity index (χ0) is 11.7. The van der Waals surface area contributed by atoms with Crippen molar-refractivity contribution in [3.05, 3.63) is 35.1 Å². The van der Waals surface area contributed by atoms with Gasteiger partial charge in [0.15, 0.2) is 0 Å². The van der Waals surface area contributed by atoms with E-state index >= 15 is 0 Å².